The third-order valence-corrected chi connectivity index (χ3v) is 5.42. The van der Waals surface area contributed by atoms with Gasteiger partial charge < -0.3 is 4.90 Å². The van der Waals surface area contributed by atoms with Crippen molar-refractivity contribution in [3.63, 3.8) is 0 Å². The molecule has 1 fully saturated rings. The van der Waals surface area contributed by atoms with Gasteiger partial charge in [0.2, 0.25) is 5.91 Å². The first-order valence-corrected chi connectivity index (χ1v) is 9.33. The molecular formula is C20H26N4O. The van der Waals surface area contributed by atoms with Crippen LogP contribution in [0.15, 0.2) is 30.3 Å². The van der Waals surface area contributed by atoms with Crippen LogP contribution in [0.5, 0.6) is 0 Å². The second kappa shape index (κ2) is 7.00. The molecular weight excluding hydrogens is 312 g/mol. The summed E-state index contributed by atoms with van der Waals surface area (Å²) in [6, 6.07) is 10.5. The van der Waals surface area contributed by atoms with Crippen molar-refractivity contribution in [2.75, 3.05) is 31.1 Å². The molecule has 1 aromatic heterocycles. The van der Waals surface area contributed by atoms with Gasteiger partial charge >= 0.3 is 0 Å². The maximum atomic E-state index is 12.9. The number of benzene rings is 1. The number of aromatic nitrogens is 2. The molecule has 0 unspecified atom stereocenters. The van der Waals surface area contributed by atoms with Crippen molar-refractivity contribution >= 4 is 11.6 Å². The summed E-state index contributed by atoms with van der Waals surface area (Å²) in [5.74, 6) is 0.658. The normalized spacial score (nSPS) is 21.2. The molecule has 1 N–H and O–H groups in total. The molecule has 1 saturated heterocycles. The topological polar surface area (TPSA) is 52.2 Å². The van der Waals surface area contributed by atoms with E-state index in [-0.39, 0.29) is 5.91 Å². The molecule has 25 heavy (non-hydrogen) atoms. The fourth-order valence-corrected chi connectivity index (χ4v) is 4.16. The van der Waals surface area contributed by atoms with Crippen LogP contribution in [0, 0.1) is 6.92 Å². The molecule has 132 valence electrons. The van der Waals surface area contributed by atoms with E-state index in [4.69, 9.17) is 0 Å². The Morgan fingerprint density at radius 3 is 3.00 bits per heavy atom. The van der Waals surface area contributed by atoms with Gasteiger partial charge in [0, 0.05) is 30.4 Å². The quantitative estimate of drug-likeness (QED) is 0.936. The van der Waals surface area contributed by atoms with E-state index in [9.17, 15) is 4.79 Å². The number of likely N-dealkylation sites (tertiary alicyclic amines) is 1. The van der Waals surface area contributed by atoms with Gasteiger partial charge in [-0.05, 0) is 56.8 Å². The highest BCUT2D eigenvalue weighted by Gasteiger charge is 2.28. The molecule has 0 spiro atoms. The van der Waals surface area contributed by atoms with Crippen molar-refractivity contribution < 1.29 is 4.79 Å². The molecule has 5 heteroatoms. The number of amides is 1. The van der Waals surface area contributed by atoms with Gasteiger partial charge in [0.05, 0.1) is 12.2 Å². The molecule has 2 aliphatic heterocycles. The van der Waals surface area contributed by atoms with Crippen molar-refractivity contribution in [2.24, 2.45) is 0 Å². The van der Waals surface area contributed by atoms with Gasteiger partial charge in [-0.25, -0.2) is 0 Å². The monoisotopic (exact) mass is 338 g/mol. The first-order valence-electron chi connectivity index (χ1n) is 9.33. The number of anilines is 1. The molecule has 0 radical (unpaired) electrons. The highest BCUT2D eigenvalue weighted by molar-refractivity contribution is 5.95. The highest BCUT2D eigenvalue weighted by atomic mass is 16.2. The van der Waals surface area contributed by atoms with Gasteiger partial charge in [0.1, 0.15) is 0 Å². The van der Waals surface area contributed by atoms with Gasteiger partial charge in [-0.2, -0.15) is 5.10 Å². The largest absolute Gasteiger partial charge is 0.311 e. The van der Waals surface area contributed by atoms with Gasteiger partial charge in [-0.3, -0.25) is 14.8 Å². The zero-order valence-corrected chi connectivity index (χ0v) is 14.9. The van der Waals surface area contributed by atoms with Crippen LogP contribution in [-0.2, 0) is 11.2 Å². The van der Waals surface area contributed by atoms with Crippen molar-refractivity contribution in [3.8, 4) is 0 Å². The first-order chi connectivity index (χ1) is 12.2. The lowest BCUT2D eigenvalue weighted by atomic mass is 9.94. The van der Waals surface area contributed by atoms with E-state index in [0.29, 0.717) is 12.5 Å². The Bertz CT molecular complexity index is 754. The fourth-order valence-electron chi connectivity index (χ4n) is 4.16. The van der Waals surface area contributed by atoms with Crippen molar-refractivity contribution in [1.82, 2.24) is 15.1 Å². The predicted molar refractivity (Wildman–Crippen MR) is 98.9 cm³/mol. The number of aryl methyl sites for hydroxylation is 2. The predicted octanol–water partition coefficient (Wildman–Crippen LogP) is 2.88. The number of hydrogen-bond acceptors (Lipinski definition) is 3. The number of nitrogens with zero attached hydrogens (tertiary/aromatic N) is 3. The molecule has 2 aromatic rings. The fraction of sp³-hybridized carbons (Fsp3) is 0.500. The zero-order chi connectivity index (χ0) is 17.2. The highest BCUT2D eigenvalue weighted by Crippen LogP contribution is 2.28. The Balaban J connectivity index is 1.43. The number of rotatable bonds is 3. The number of carbonyl (C=O) groups excluding carboxylic acids is 1. The minimum absolute atomic E-state index is 0.228. The minimum atomic E-state index is 0.228. The van der Waals surface area contributed by atoms with E-state index < -0.39 is 0 Å². The molecule has 1 aromatic carbocycles. The maximum absolute atomic E-state index is 12.9. The van der Waals surface area contributed by atoms with Crippen LogP contribution in [0.25, 0.3) is 0 Å². The second-order valence-corrected chi connectivity index (χ2v) is 7.33. The molecule has 0 saturated carbocycles. The molecule has 1 atom stereocenters. The van der Waals surface area contributed by atoms with Crippen LogP contribution in [0.3, 0.4) is 0 Å². The summed E-state index contributed by atoms with van der Waals surface area (Å²) in [4.78, 5) is 17.2. The Hall–Kier alpha value is -2.14. The number of H-pyrrole nitrogens is 1. The Kier molecular flexibility index (Phi) is 4.57. The molecule has 2 aliphatic rings. The number of aromatic amines is 1. The van der Waals surface area contributed by atoms with E-state index >= 15 is 0 Å². The number of para-hydroxylation sites is 1. The lowest BCUT2D eigenvalue weighted by Gasteiger charge is -2.35. The number of piperidine rings is 1. The molecule has 1 amide bonds. The molecule has 5 nitrogen and oxygen atoms in total. The van der Waals surface area contributed by atoms with Gasteiger partial charge in [-0.1, -0.05) is 18.2 Å². The summed E-state index contributed by atoms with van der Waals surface area (Å²) in [6.07, 6.45) is 4.41. The van der Waals surface area contributed by atoms with Gasteiger partial charge in [0.25, 0.3) is 0 Å². The lowest BCUT2D eigenvalue weighted by molar-refractivity contribution is -0.120. The number of hydrogen-bond donors (Lipinski definition) is 1. The van der Waals surface area contributed by atoms with Crippen LogP contribution in [0.2, 0.25) is 0 Å². The van der Waals surface area contributed by atoms with Gasteiger partial charge in [0.15, 0.2) is 0 Å². The third-order valence-electron chi connectivity index (χ3n) is 5.42. The zero-order valence-electron chi connectivity index (χ0n) is 14.9. The van der Waals surface area contributed by atoms with Crippen molar-refractivity contribution in [1.29, 1.82) is 0 Å². The van der Waals surface area contributed by atoms with E-state index in [1.807, 2.05) is 17.9 Å². The number of nitrogens with one attached hydrogen (secondary N) is 1. The maximum Gasteiger partial charge on any atom is 0.241 e. The van der Waals surface area contributed by atoms with Crippen LogP contribution >= 0.6 is 0 Å². The van der Waals surface area contributed by atoms with Crippen LogP contribution < -0.4 is 4.90 Å². The van der Waals surface area contributed by atoms with Crippen LogP contribution in [0.4, 0.5) is 5.69 Å². The Morgan fingerprint density at radius 1 is 1.28 bits per heavy atom. The first kappa shape index (κ1) is 16.3. The Labute approximate surface area is 149 Å². The van der Waals surface area contributed by atoms with E-state index in [0.717, 1.165) is 62.4 Å². The summed E-state index contributed by atoms with van der Waals surface area (Å²) in [7, 11) is 0. The summed E-state index contributed by atoms with van der Waals surface area (Å²) < 4.78 is 0. The SMILES string of the molecule is Cc1cc([C@@H]2CCCN(CC(=O)N3CCCc4ccccc43)C2)n[nH]1. The van der Waals surface area contributed by atoms with Crippen LogP contribution in [-0.4, -0.2) is 47.2 Å². The summed E-state index contributed by atoms with van der Waals surface area (Å²) in [5, 5.41) is 7.47. The molecule has 3 heterocycles. The van der Waals surface area contributed by atoms with Crippen molar-refractivity contribution in [2.45, 2.75) is 38.5 Å². The molecule has 0 aliphatic carbocycles. The summed E-state index contributed by atoms with van der Waals surface area (Å²) in [5.41, 5.74) is 4.65. The average Bonchev–Trinajstić information content (AvgIpc) is 3.08. The minimum Gasteiger partial charge on any atom is -0.311 e. The Morgan fingerprint density at radius 2 is 2.16 bits per heavy atom. The summed E-state index contributed by atoms with van der Waals surface area (Å²) in [6.45, 7) is 5.31. The average molecular weight is 338 g/mol. The van der Waals surface area contributed by atoms with Crippen LogP contribution in [0.1, 0.15) is 42.1 Å². The van der Waals surface area contributed by atoms with Gasteiger partial charge in [-0.15, -0.1) is 0 Å². The standard InChI is InChI=1S/C20H26N4O/c1-15-12-18(22-21-15)17-8-4-10-23(13-17)14-20(25)24-11-5-7-16-6-2-3-9-19(16)24/h2-3,6,9,12,17H,4-5,7-8,10-11,13-14H2,1H3,(H,21,22)/t17-/m1/s1. The molecule has 4 rings (SSSR count). The van der Waals surface area contributed by atoms with E-state index in [1.54, 1.807) is 0 Å². The van der Waals surface area contributed by atoms with Crippen molar-refractivity contribution in [3.05, 3.63) is 47.3 Å². The number of carbonyl (C=O) groups is 1. The smallest absolute Gasteiger partial charge is 0.241 e. The van der Waals surface area contributed by atoms with E-state index in [2.05, 4.69) is 39.4 Å². The number of fused-ring (bicyclic) bond motifs is 1. The lowest BCUT2D eigenvalue weighted by Crippen LogP contribution is -2.45. The summed E-state index contributed by atoms with van der Waals surface area (Å²) >= 11 is 0. The second-order valence-electron chi connectivity index (χ2n) is 7.33. The molecule has 0 bridgehead atoms. The third kappa shape index (κ3) is 3.47. The van der Waals surface area contributed by atoms with E-state index in [1.165, 1.54) is 5.56 Å².